The molecule has 198 valence electrons. The van der Waals surface area contributed by atoms with Crippen LogP contribution < -0.4 is 31.0 Å². The first kappa shape index (κ1) is 24.2. The number of fused-ring (bicyclic) bond motifs is 4. The van der Waals surface area contributed by atoms with Crippen LogP contribution in [0.15, 0.2) is 41.2 Å². The molecule has 10 nitrogen and oxygen atoms in total. The van der Waals surface area contributed by atoms with Crippen LogP contribution in [0.3, 0.4) is 0 Å². The number of pyridine rings is 1. The number of hydrogen-bond acceptors (Lipinski definition) is 8. The molecule has 5 N–H and O–H groups in total. The van der Waals surface area contributed by atoms with Crippen LogP contribution in [0, 0.1) is 11.8 Å². The predicted octanol–water partition coefficient (Wildman–Crippen LogP) is 2.35. The van der Waals surface area contributed by atoms with E-state index in [-0.39, 0.29) is 6.54 Å². The second-order valence-corrected chi connectivity index (χ2v) is 10.1. The number of hydrogen-bond donors (Lipinski definition) is 4. The van der Waals surface area contributed by atoms with Crippen molar-refractivity contribution in [3.05, 3.63) is 63.4 Å². The van der Waals surface area contributed by atoms with Gasteiger partial charge in [0.05, 0.1) is 26.5 Å². The van der Waals surface area contributed by atoms with Gasteiger partial charge in [-0.2, -0.15) is 0 Å². The molecule has 10 heteroatoms. The third-order valence-electron chi connectivity index (χ3n) is 8.15. The largest absolute Gasteiger partial charge is 0.506 e. The molecule has 2 aromatic carbocycles. The number of methoxy groups -OCH3 is 2. The number of rotatable bonds is 6. The summed E-state index contributed by atoms with van der Waals surface area (Å²) >= 11 is 0. The molecule has 1 unspecified atom stereocenters. The summed E-state index contributed by atoms with van der Waals surface area (Å²) < 4.78 is 12.3. The molecule has 0 spiro atoms. The number of ether oxygens (including phenoxy) is 2. The number of carbonyl (C=O) groups is 1. The van der Waals surface area contributed by atoms with Crippen molar-refractivity contribution >= 4 is 17.3 Å². The summed E-state index contributed by atoms with van der Waals surface area (Å²) in [5.74, 6) is 0.226. The minimum atomic E-state index is -1.47. The first-order valence-electron chi connectivity index (χ1n) is 12.6. The van der Waals surface area contributed by atoms with E-state index in [1.165, 1.54) is 11.7 Å². The minimum absolute atomic E-state index is 0.0451. The van der Waals surface area contributed by atoms with Crippen LogP contribution >= 0.6 is 0 Å². The SMILES string of the molecule is COc1ccc(Cn2c3c(c(O)c(C(=O)O)c2=O)CCNc2cc(N4C[C@@H]5C(N)[C@@H]5C4)ccc2-3)c(OC)c1. The smallest absolute Gasteiger partial charge is 0.345 e. The van der Waals surface area contributed by atoms with Gasteiger partial charge in [-0.25, -0.2) is 4.79 Å². The highest BCUT2D eigenvalue weighted by molar-refractivity contribution is 5.93. The van der Waals surface area contributed by atoms with Crippen molar-refractivity contribution in [1.29, 1.82) is 0 Å². The van der Waals surface area contributed by atoms with Crippen LogP contribution in [-0.4, -0.2) is 60.6 Å². The van der Waals surface area contributed by atoms with E-state index in [4.69, 9.17) is 15.2 Å². The van der Waals surface area contributed by atoms with E-state index in [0.717, 1.165) is 30.0 Å². The van der Waals surface area contributed by atoms with Gasteiger partial charge in [-0.1, -0.05) is 0 Å². The Labute approximate surface area is 219 Å². The van der Waals surface area contributed by atoms with Crippen LogP contribution in [0.1, 0.15) is 21.5 Å². The maximum absolute atomic E-state index is 13.6. The van der Waals surface area contributed by atoms with E-state index in [0.29, 0.717) is 59.2 Å². The second-order valence-electron chi connectivity index (χ2n) is 10.1. The molecule has 1 saturated carbocycles. The van der Waals surface area contributed by atoms with Gasteiger partial charge in [0.2, 0.25) is 0 Å². The average Bonchev–Trinajstić information content (AvgIpc) is 3.34. The highest BCUT2D eigenvalue weighted by Gasteiger charge is 2.53. The lowest BCUT2D eigenvalue weighted by Gasteiger charge is -2.24. The summed E-state index contributed by atoms with van der Waals surface area (Å²) in [6.07, 6.45) is 0.341. The number of nitrogens with one attached hydrogen (secondary N) is 1. The quantitative estimate of drug-likeness (QED) is 0.387. The van der Waals surface area contributed by atoms with Gasteiger partial charge < -0.3 is 40.2 Å². The lowest BCUT2D eigenvalue weighted by Crippen LogP contribution is -2.30. The number of anilines is 2. The van der Waals surface area contributed by atoms with Crippen molar-refractivity contribution in [3.8, 4) is 28.5 Å². The molecule has 1 aliphatic carbocycles. The molecule has 3 heterocycles. The third kappa shape index (κ3) is 3.75. The standard InChI is InChI=1S/C28H30N4O6/c1-37-16-5-3-14(22(10-16)38-2)11-32-25-17-6-4-15(31-12-19-20(13-31)24(19)29)9-21(17)30-8-7-18(25)26(33)23(27(32)34)28(35)36/h3-6,9-10,19-20,24,30,33H,7-8,11-13,29H2,1-2H3,(H,35,36)/t19-,20+,24?. The topological polar surface area (TPSA) is 139 Å². The van der Waals surface area contributed by atoms with Gasteiger partial charge in [-0.15, -0.1) is 0 Å². The molecular weight excluding hydrogens is 488 g/mol. The highest BCUT2D eigenvalue weighted by atomic mass is 16.5. The minimum Gasteiger partial charge on any atom is -0.506 e. The molecule has 3 aromatic rings. The molecular formula is C28H30N4O6. The number of nitrogens with two attached hydrogens (primary N) is 1. The Balaban J connectivity index is 1.51. The number of aromatic nitrogens is 1. The number of piperidine rings is 1. The van der Waals surface area contributed by atoms with Crippen molar-refractivity contribution in [3.63, 3.8) is 0 Å². The van der Waals surface area contributed by atoms with Crippen molar-refractivity contribution in [1.82, 2.24) is 4.57 Å². The van der Waals surface area contributed by atoms with E-state index in [1.807, 2.05) is 12.1 Å². The molecule has 2 fully saturated rings. The Hall–Kier alpha value is -4.18. The Bertz CT molecular complexity index is 1500. The number of aromatic hydroxyl groups is 1. The molecule has 38 heavy (non-hydrogen) atoms. The summed E-state index contributed by atoms with van der Waals surface area (Å²) in [7, 11) is 3.08. The molecule has 2 aliphatic heterocycles. The highest BCUT2D eigenvalue weighted by Crippen LogP contribution is 2.47. The molecule has 3 atom stereocenters. The van der Waals surface area contributed by atoms with Crippen molar-refractivity contribution < 1.29 is 24.5 Å². The van der Waals surface area contributed by atoms with Crippen molar-refractivity contribution in [2.75, 3.05) is 44.1 Å². The summed E-state index contributed by atoms with van der Waals surface area (Å²) in [6.45, 7) is 2.36. The molecule has 1 aromatic heterocycles. The molecule has 6 rings (SSSR count). The fourth-order valence-electron chi connectivity index (χ4n) is 5.99. The summed E-state index contributed by atoms with van der Waals surface area (Å²) in [5.41, 5.74) is 8.90. The lowest BCUT2D eigenvalue weighted by atomic mass is 9.98. The van der Waals surface area contributed by atoms with Gasteiger partial charge >= 0.3 is 5.97 Å². The molecule has 0 radical (unpaired) electrons. The monoisotopic (exact) mass is 518 g/mol. The van der Waals surface area contributed by atoms with E-state index < -0.39 is 22.8 Å². The van der Waals surface area contributed by atoms with Crippen molar-refractivity contribution in [2.45, 2.75) is 19.0 Å². The summed E-state index contributed by atoms with van der Waals surface area (Å²) in [6, 6.07) is 11.6. The summed E-state index contributed by atoms with van der Waals surface area (Å²) in [5, 5.41) is 24.3. The Morgan fingerprint density at radius 2 is 1.89 bits per heavy atom. The number of aromatic carboxylic acids is 1. The Morgan fingerprint density at radius 3 is 2.58 bits per heavy atom. The van der Waals surface area contributed by atoms with Gasteiger partial charge in [0.25, 0.3) is 5.56 Å². The number of carboxylic acid groups (broad SMARTS) is 1. The number of nitrogens with zero attached hydrogens (tertiary/aromatic N) is 2. The maximum atomic E-state index is 13.6. The van der Waals surface area contributed by atoms with E-state index in [9.17, 15) is 19.8 Å². The van der Waals surface area contributed by atoms with Gasteiger partial charge in [0.15, 0.2) is 5.56 Å². The molecule has 3 aliphatic rings. The Kier molecular flexibility index (Phi) is 5.71. The molecule has 1 saturated heterocycles. The summed E-state index contributed by atoms with van der Waals surface area (Å²) in [4.78, 5) is 28.0. The first-order chi connectivity index (χ1) is 18.3. The maximum Gasteiger partial charge on any atom is 0.345 e. The van der Waals surface area contributed by atoms with Gasteiger partial charge in [-0.3, -0.25) is 4.79 Å². The van der Waals surface area contributed by atoms with Crippen LogP contribution in [0.4, 0.5) is 11.4 Å². The zero-order valence-electron chi connectivity index (χ0n) is 21.2. The first-order valence-corrected chi connectivity index (χ1v) is 12.6. The van der Waals surface area contributed by atoms with Crippen LogP contribution in [-0.2, 0) is 13.0 Å². The van der Waals surface area contributed by atoms with Crippen LogP contribution in [0.2, 0.25) is 0 Å². The lowest BCUT2D eigenvalue weighted by molar-refractivity contribution is 0.0690. The number of benzene rings is 2. The normalized spacial score (nSPS) is 21.0. The van der Waals surface area contributed by atoms with Crippen LogP contribution in [0.5, 0.6) is 17.2 Å². The fraction of sp³-hybridized carbons (Fsp3) is 0.357. The fourth-order valence-corrected chi connectivity index (χ4v) is 5.99. The van der Waals surface area contributed by atoms with Gasteiger partial charge in [0, 0.05) is 59.8 Å². The molecule has 0 bridgehead atoms. The number of carboxylic acids is 1. The third-order valence-corrected chi connectivity index (χ3v) is 8.15. The van der Waals surface area contributed by atoms with E-state index in [2.05, 4.69) is 16.3 Å². The second kappa shape index (κ2) is 8.98. The predicted molar refractivity (Wildman–Crippen MR) is 143 cm³/mol. The average molecular weight is 519 g/mol. The zero-order chi connectivity index (χ0) is 26.7. The van der Waals surface area contributed by atoms with Gasteiger partial charge in [0.1, 0.15) is 17.2 Å². The van der Waals surface area contributed by atoms with Gasteiger partial charge in [-0.05, 0) is 48.6 Å². The molecule has 0 amide bonds. The van der Waals surface area contributed by atoms with E-state index in [1.54, 1.807) is 25.3 Å². The zero-order valence-corrected chi connectivity index (χ0v) is 21.2. The van der Waals surface area contributed by atoms with Crippen molar-refractivity contribution in [2.24, 2.45) is 17.6 Å². The Morgan fingerprint density at radius 1 is 1.13 bits per heavy atom. The van der Waals surface area contributed by atoms with Crippen LogP contribution in [0.25, 0.3) is 11.3 Å². The van der Waals surface area contributed by atoms with E-state index >= 15 is 0 Å².